The fourth-order valence-electron chi connectivity index (χ4n) is 2.04. The van der Waals surface area contributed by atoms with Crippen LogP contribution in [0.25, 0.3) is 0 Å². The Morgan fingerprint density at radius 1 is 1.20 bits per heavy atom. The molecule has 1 unspecified atom stereocenters. The summed E-state index contributed by atoms with van der Waals surface area (Å²) in [6, 6.07) is 7.93. The lowest BCUT2D eigenvalue weighted by Crippen LogP contribution is -2.30. The molecule has 6 heteroatoms. The van der Waals surface area contributed by atoms with Gasteiger partial charge in [0.25, 0.3) is 0 Å². The van der Waals surface area contributed by atoms with Crippen molar-refractivity contribution in [3.63, 3.8) is 0 Å². The lowest BCUT2D eigenvalue weighted by Gasteiger charge is -2.20. The average Bonchev–Trinajstić information content (AvgIpc) is 2.44. The smallest absolute Gasteiger partial charge is 0.132 e. The van der Waals surface area contributed by atoms with Crippen LogP contribution in [0.15, 0.2) is 40.9 Å². The Hall–Kier alpha value is -1.50. The van der Waals surface area contributed by atoms with Gasteiger partial charge in [-0.25, -0.2) is 14.2 Å². The summed E-state index contributed by atoms with van der Waals surface area (Å²) >= 11 is 3.26. The summed E-state index contributed by atoms with van der Waals surface area (Å²) in [5.74, 6) is 4.79. The lowest BCUT2D eigenvalue weighted by atomic mass is 9.97. The van der Waals surface area contributed by atoms with E-state index in [4.69, 9.17) is 10.6 Å². The van der Waals surface area contributed by atoms with Crippen molar-refractivity contribution < 1.29 is 13.5 Å². The molecule has 1 atom stereocenters. The Labute approximate surface area is 123 Å². The van der Waals surface area contributed by atoms with Gasteiger partial charge in [0, 0.05) is 10.0 Å². The fraction of sp³-hybridized carbons (Fsp3) is 0.143. The summed E-state index contributed by atoms with van der Waals surface area (Å²) in [4.78, 5) is 0. The van der Waals surface area contributed by atoms with Gasteiger partial charge in [-0.3, -0.25) is 5.84 Å². The number of hydrogen-bond acceptors (Lipinski definition) is 3. The third-order valence-electron chi connectivity index (χ3n) is 2.96. The Balaban J connectivity index is 2.61. The Morgan fingerprint density at radius 3 is 2.60 bits per heavy atom. The van der Waals surface area contributed by atoms with E-state index in [-0.39, 0.29) is 11.1 Å². The number of ether oxygens (including phenoxy) is 1. The number of hydrazine groups is 1. The Bertz CT molecular complexity index is 622. The van der Waals surface area contributed by atoms with Crippen LogP contribution in [0.3, 0.4) is 0 Å². The van der Waals surface area contributed by atoms with E-state index in [0.717, 1.165) is 0 Å². The zero-order chi connectivity index (χ0) is 14.7. The quantitative estimate of drug-likeness (QED) is 0.662. The lowest BCUT2D eigenvalue weighted by molar-refractivity contribution is 0.396. The molecule has 0 heterocycles. The summed E-state index contributed by atoms with van der Waals surface area (Å²) in [7, 11) is 1.42. The second kappa shape index (κ2) is 6.30. The molecule has 0 spiro atoms. The molecule has 2 aromatic rings. The van der Waals surface area contributed by atoms with Crippen molar-refractivity contribution in [2.75, 3.05) is 7.11 Å². The molecule has 0 fully saturated rings. The van der Waals surface area contributed by atoms with Gasteiger partial charge >= 0.3 is 0 Å². The molecule has 0 aliphatic carbocycles. The highest BCUT2D eigenvalue weighted by Gasteiger charge is 2.24. The van der Waals surface area contributed by atoms with Crippen molar-refractivity contribution in [3.8, 4) is 5.75 Å². The molecule has 0 aliphatic rings. The van der Waals surface area contributed by atoms with Crippen LogP contribution >= 0.6 is 15.9 Å². The fourth-order valence-corrected chi connectivity index (χ4v) is 2.42. The molecule has 0 aliphatic heterocycles. The van der Waals surface area contributed by atoms with E-state index < -0.39 is 17.7 Å². The maximum atomic E-state index is 14.1. The van der Waals surface area contributed by atoms with E-state index in [1.165, 1.54) is 25.3 Å². The van der Waals surface area contributed by atoms with Gasteiger partial charge in [0.15, 0.2) is 0 Å². The molecule has 20 heavy (non-hydrogen) atoms. The van der Waals surface area contributed by atoms with Crippen LogP contribution in [0.1, 0.15) is 17.2 Å². The van der Waals surface area contributed by atoms with Crippen LogP contribution in [-0.2, 0) is 0 Å². The molecule has 0 saturated heterocycles. The number of nitrogens with one attached hydrogen (secondary N) is 1. The number of rotatable bonds is 4. The first-order valence-corrected chi connectivity index (χ1v) is 6.61. The standard InChI is InChI=1S/C14H13BrF2N2O/c1-20-12-4-2-3-11(17)13(12)14(19-18)9-7-8(15)5-6-10(9)16/h2-7,14,19H,18H2,1H3. The second-order valence-corrected chi connectivity index (χ2v) is 5.04. The molecule has 0 amide bonds. The van der Waals surface area contributed by atoms with Crippen molar-refractivity contribution in [2.45, 2.75) is 6.04 Å². The number of methoxy groups -OCH3 is 1. The molecule has 0 saturated carbocycles. The van der Waals surface area contributed by atoms with Gasteiger partial charge in [0.05, 0.1) is 18.7 Å². The van der Waals surface area contributed by atoms with Crippen LogP contribution in [0, 0.1) is 11.6 Å². The molecule has 0 aromatic heterocycles. The van der Waals surface area contributed by atoms with Crippen molar-refractivity contribution in [2.24, 2.45) is 5.84 Å². The maximum absolute atomic E-state index is 14.1. The number of nitrogens with two attached hydrogens (primary N) is 1. The van der Waals surface area contributed by atoms with E-state index >= 15 is 0 Å². The van der Waals surface area contributed by atoms with E-state index in [9.17, 15) is 8.78 Å². The van der Waals surface area contributed by atoms with E-state index in [1.807, 2.05) is 0 Å². The number of halogens is 3. The highest BCUT2D eigenvalue weighted by Crippen LogP contribution is 2.33. The molecule has 2 rings (SSSR count). The SMILES string of the molecule is COc1cccc(F)c1C(NN)c1cc(Br)ccc1F. The zero-order valence-electron chi connectivity index (χ0n) is 10.7. The molecule has 0 radical (unpaired) electrons. The predicted octanol–water partition coefficient (Wildman–Crippen LogP) is 3.29. The zero-order valence-corrected chi connectivity index (χ0v) is 12.2. The molecule has 0 bridgehead atoms. The van der Waals surface area contributed by atoms with E-state index in [1.54, 1.807) is 18.2 Å². The van der Waals surface area contributed by atoms with Crippen molar-refractivity contribution in [1.82, 2.24) is 5.43 Å². The largest absolute Gasteiger partial charge is 0.496 e. The maximum Gasteiger partial charge on any atom is 0.132 e. The van der Waals surface area contributed by atoms with Crippen molar-refractivity contribution >= 4 is 15.9 Å². The van der Waals surface area contributed by atoms with Gasteiger partial charge in [-0.2, -0.15) is 0 Å². The first kappa shape index (κ1) is 14.9. The van der Waals surface area contributed by atoms with Crippen LogP contribution in [0.5, 0.6) is 5.75 Å². The summed E-state index contributed by atoms with van der Waals surface area (Å²) < 4.78 is 33.9. The van der Waals surface area contributed by atoms with Crippen LogP contribution in [0.4, 0.5) is 8.78 Å². The summed E-state index contributed by atoms with van der Waals surface area (Å²) in [6.07, 6.45) is 0. The molecule has 2 aromatic carbocycles. The first-order valence-electron chi connectivity index (χ1n) is 5.82. The van der Waals surface area contributed by atoms with Gasteiger partial charge in [-0.15, -0.1) is 0 Å². The van der Waals surface area contributed by atoms with Crippen LogP contribution in [-0.4, -0.2) is 7.11 Å². The molecule has 106 valence electrons. The minimum Gasteiger partial charge on any atom is -0.496 e. The van der Waals surface area contributed by atoms with E-state index in [0.29, 0.717) is 10.2 Å². The molecular weight excluding hydrogens is 330 g/mol. The third-order valence-corrected chi connectivity index (χ3v) is 3.45. The van der Waals surface area contributed by atoms with Gasteiger partial charge < -0.3 is 4.74 Å². The highest BCUT2D eigenvalue weighted by atomic mass is 79.9. The summed E-state index contributed by atoms with van der Waals surface area (Å²) in [6.45, 7) is 0. The van der Waals surface area contributed by atoms with Crippen LogP contribution in [0.2, 0.25) is 0 Å². The second-order valence-electron chi connectivity index (χ2n) is 4.12. The van der Waals surface area contributed by atoms with Gasteiger partial charge in [0.1, 0.15) is 17.4 Å². The number of benzene rings is 2. The highest BCUT2D eigenvalue weighted by molar-refractivity contribution is 9.10. The molecule has 3 N–H and O–H groups in total. The predicted molar refractivity (Wildman–Crippen MR) is 76.2 cm³/mol. The monoisotopic (exact) mass is 342 g/mol. The van der Waals surface area contributed by atoms with Gasteiger partial charge in [-0.1, -0.05) is 22.0 Å². The Morgan fingerprint density at radius 2 is 1.95 bits per heavy atom. The van der Waals surface area contributed by atoms with Crippen molar-refractivity contribution in [3.05, 3.63) is 63.6 Å². The first-order chi connectivity index (χ1) is 9.58. The summed E-state index contributed by atoms with van der Waals surface area (Å²) in [5.41, 5.74) is 2.83. The minimum atomic E-state index is -0.858. The van der Waals surface area contributed by atoms with Gasteiger partial charge in [0.2, 0.25) is 0 Å². The Kier molecular flexibility index (Phi) is 4.69. The number of hydrogen-bond donors (Lipinski definition) is 2. The third kappa shape index (κ3) is 2.82. The molecule has 3 nitrogen and oxygen atoms in total. The topological polar surface area (TPSA) is 47.3 Å². The van der Waals surface area contributed by atoms with Crippen LogP contribution < -0.4 is 16.0 Å². The molecular formula is C14H13BrF2N2O. The normalized spacial score (nSPS) is 12.2. The minimum absolute atomic E-state index is 0.162. The van der Waals surface area contributed by atoms with Gasteiger partial charge in [-0.05, 0) is 30.3 Å². The summed E-state index contributed by atoms with van der Waals surface area (Å²) in [5, 5.41) is 0. The average molecular weight is 343 g/mol. The van der Waals surface area contributed by atoms with Crippen molar-refractivity contribution in [1.29, 1.82) is 0 Å². The van der Waals surface area contributed by atoms with E-state index in [2.05, 4.69) is 21.4 Å².